The second-order valence-corrected chi connectivity index (χ2v) is 12.0. The Bertz CT molecular complexity index is 1530. The molecule has 13 heteroatoms. The van der Waals surface area contributed by atoms with E-state index in [-0.39, 0.29) is 29.2 Å². The zero-order valence-corrected chi connectivity index (χ0v) is 23.6. The predicted octanol–water partition coefficient (Wildman–Crippen LogP) is 3.13. The number of benzene rings is 2. The first-order valence-electron chi connectivity index (χ1n) is 12.5. The van der Waals surface area contributed by atoms with Gasteiger partial charge in [-0.05, 0) is 42.5 Å². The molecule has 40 heavy (non-hydrogen) atoms. The molecule has 3 amide bonds. The zero-order chi connectivity index (χ0) is 28.0. The number of halogens is 1. The van der Waals surface area contributed by atoms with E-state index in [1.807, 2.05) is 0 Å². The Balaban J connectivity index is 1.38. The summed E-state index contributed by atoms with van der Waals surface area (Å²) in [6.07, 6.45) is 0. The van der Waals surface area contributed by atoms with E-state index in [4.69, 9.17) is 25.8 Å². The first-order valence-corrected chi connectivity index (χ1v) is 14.6. The van der Waals surface area contributed by atoms with Crippen LogP contribution in [0.2, 0.25) is 5.02 Å². The number of aromatic nitrogens is 1. The van der Waals surface area contributed by atoms with E-state index in [1.54, 1.807) is 47.4 Å². The molecule has 0 spiro atoms. The van der Waals surface area contributed by atoms with E-state index in [9.17, 15) is 19.2 Å². The quantitative estimate of drug-likeness (QED) is 0.428. The van der Waals surface area contributed by atoms with E-state index in [2.05, 4.69) is 4.98 Å². The number of amides is 3. The maximum absolute atomic E-state index is 14.0. The van der Waals surface area contributed by atoms with Crippen molar-refractivity contribution in [2.75, 3.05) is 44.9 Å². The number of H-pyrrole nitrogens is 1. The average Bonchev–Trinajstić information content (AvgIpc) is 3.46. The molecule has 3 aliphatic heterocycles. The van der Waals surface area contributed by atoms with Crippen molar-refractivity contribution >= 4 is 58.1 Å². The number of methoxy groups -OCH3 is 1. The summed E-state index contributed by atoms with van der Waals surface area (Å²) in [5.41, 5.74) is 0.965. The molecule has 3 aromatic rings. The molecule has 0 radical (unpaired) electrons. The van der Waals surface area contributed by atoms with Crippen molar-refractivity contribution in [2.24, 2.45) is 5.92 Å². The number of fused-ring (bicyclic) bond motifs is 2. The summed E-state index contributed by atoms with van der Waals surface area (Å²) in [7, 11) is 1.54. The Hall–Kier alpha value is -3.32. The Kier molecular flexibility index (Phi) is 7.34. The smallest absolute Gasteiger partial charge is 0.305 e. The van der Waals surface area contributed by atoms with Crippen molar-refractivity contribution in [3.8, 4) is 11.5 Å². The second kappa shape index (κ2) is 10.9. The Morgan fingerprint density at radius 3 is 2.58 bits per heavy atom. The van der Waals surface area contributed by atoms with Crippen LogP contribution in [0.15, 0.2) is 52.3 Å². The van der Waals surface area contributed by atoms with Crippen LogP contribution in [-0.4, -0.2) is 72.9 Å². The second-order valence-electron chi connectivity index (χ2n) is 9.42. The van der Waals surface area contributed by atoms with E-state index in [1.165, 1.54) is 23.8 Å². The third-order valence-electron chi connectivity index (χ3n) is 7.18. The van der Waals surface area contributed by atoms with Gasteiger partial charge in [0.25, 0.3) is 5.91 Å². The van der Waals surface area contributed by atoms with Gasteiger partial charge in [-0.15, -0.1) is 0 Å². The van der Waals surface area contributed by atoms with Gasteiger partial charge in [-0.1, -0.05) is 34.7 Å². The van der Waals surface area contributed by atoms with Gasteiger partial charge in [0.15, 0.2) is 6.61 Å². The highest BCUT2D eigenvalue weighted by atomic mass is 35.5. The monoisotopic (exact) mass is 601 g/mol. The molecule has 2 aromatic carbocycles. The molecule has 2 saturated heterocycles. The fourth-order valence-corrected chi connectivity index (χ4v) is 7.96. The van der Waals surface area contributed by atoms with Gasteiger partial charge in [0.1, 0.15) is 16.7 Å². The van der Waals surface area contributed by atoms with Crippen LogP contribution >= 0.6 is 34.7 Å². The maximum atomic E-state index is 14.0. The highest BCUT2D eigenvalue weighted by Gasteiger charge is 2.56. The van der Waals surface area contributed by atoms with Crippen LogP contribution in [0.25, 0.3) is 0 Å². The van der Waals surface area contributed by atoms with Crippen molar-refractivity contribution in [1.82, 2.24) is 9.88 Å². The molecule has 3 atom stereocenters. The summed E-state index contributed by atoms with van der Waals surface area (Å²) in [6, 6.07) is 11.7. The molecule has 1 aromatic heterocycles. The molecular weight excluding hydrogens is 578 g/mol. The van der Waals surface area contributed by atoms with Gasteiger partial charge in [-0.25, -0.2) is 4.90 Å². The summed E-state index contributed by atoms with van der Waals surface area (Å²) in [4.78, 5) is 59.0. The van der Waals surface area contributed by atoms with Crippen LogP contribution in [0.4, 0.5) is 5.69 Å². The molecule has 1 N–H and O–H groups in total. The standard InChI is InChI=1S/C27H24ClN3O7S2/c1-36-16-5-3-15(4-6-16)31-25(33)21-20(22-24(29-27(35)40-22)39-23(21)26(31)34)17-12-14(28)2-7-18(17)38-13-19(32)30-8-10-37-11-9-30/h2-7,12,20-21,23H,8-11,13H2,1H3,(H,29,35)/t20-,21-,23+/m0/s1. The van der Waals surface area contributed by atoms with Gasteiger partial charge in [0.2, 0.25) is 11.8 Å². The molecule has 0 bridgehead atoms. The number of ether oxygens (including phenoxy) is 3. The van der Waals surface area contributed by atoms with Crippen LogP contribution in [0.5, 0.6) is 11.5 Å². The number of thioether (sulfide) groups is 1. The topological polar surface area (TPSA) is 118 Å². The summed E-state index contributed by atoms with van der Waals surface area (Å²) in [6.45, 7) is 1.69. The number of hydrogen-bond acceptors (Lipinski definition) is 9. The summed E-state index contributed by atoms with van der Waals surface area (Å²) in [5, 5.41) is 0.151. The summed E-state index contributed by atoms with van der Waals surface area (Å²) in [5.74, 6) is -1.52. The van der Waals surface area contributed by atoms with Gasteiger partial charge in [-0.3, -0.25) is 19.2 Å². The van der Waals surface area contributed by atoms with Crippen LogP contribution in [0.3, 0.4) is 0 Å². The molecule has 0 saturated carbocycles. The van der Waals surface area contributed by atoms with Crippen LogP contribution in [0.1, 0.15) is 16.4 Å². The number of anilines is 1. The molecule has 208 valence electrons. The average molecular weight is 602 g/mol. The van der Waals surface area contributed by atoms with Crippen LogP contribution < -0.4 is 19.2 Å². The molecule has 3 aliphatic rings. The number of hydrogen-bond donors (Lipinski definition) is 1. The minimum absolute atomic E-state index is 0.189. The number of rotatable bonds is 6. The largest absolute Gasteiger partial charge is 0.497 e. The number of aromatic amines is 1. The number of carbonyl (C=O) groups excluding carboxylic acids is 3. The minimum atomic E-state index is -0.825. The Morgan fingerprint density at radius 1 is 1.10 bits per heavy atom. The fraction of sp³-hybridized carbons (Fsp3) is 0.333. The van der Waals surface area contributed by atoms with Crippen molar-refractivity contribution in [3.05, 3.63) is 67.6 Å². The Morgan fingerprint density at radius 2 is 1.85 bits per heavy atom. The SMILES string of the molecule is COc1ccc(N2C(=O)[C@H]3[C@H](c4cc(Cl)ccc4OCC(=O)N4CCOCC4)c4sc(=O)[nH]c4S[C@H]3C2=O)cc1. The number of thiazole rings is 1. The predicted molar refractivity (Wildman–Crippen MR) is 150 cm³/mol. The van der Waals surface area contributed by atoms with Crippen molar-refractivity contribution in [1.29, 1.82) is 0 Å². The fourth-order valence-electron chi connectivity index (χ4n) is 5.28. The van der Waals surface area contributed by atoms with Gasteiger partial charge in [-0.2, -0.15) is 0 Å². The lowest BCUT2D eigenvalue weighted by Crippen LogP contribution is -2.43. The molecule has 4 heterocycles. The summed E-state index contributed by atoms with van der Waals surface area (Å²) < 4.78 is 16.6. The third kappa shape index (κ3) is 4.78. The number of carbonyl (C=O) groups is 3. The normalized spacial score (nSPS) is 22.2. The molecule has 0 unspecified atom stereocenters. The van der Waals surface area contributed by atoms with Crippen molar-refractivity contribution in [3.63, 3.8) is 0 Å². The van der Waals surface area contributed by atoms with Gasteiger partial charge >= 0.3 is 4.87 Å². The third-order valence-corrected chi connectivity index (χ3v) is 9.81. The van der Waals surface area contributed by atoms with Crippen molar-refractivity contribution in [2.45, 2.75) is 16.2 Å². The number of morpholine rings is 1. The van der Waals surface area contributed by atoms with E-state index >= 15 is 0 Å². The number of nitrogens with zero attached hydrogens (tertiary/aromatic N) is 2. The van der Waals surface area contributed by atoms with Crippen LogP contribution in [0, 0.1) is 5.92 Å². The molecule has 10 nitrogen and oxygen atoms in total. The minimum Gasteiger partial charge on any atom is -0.497 e. The van der Waals surface area contributed by atoms with E-state index in [0.29, 0.717) is 64.0 Å². The molecular formula is C27H24ClN3O7S2. The highest BCUT2D eigenvalue weighted by molar-refractivity contribution is 8.00. The van der Waals surface area contributed by atoms with Gasteiger partial charge in [0, 0.05) is 34.5 Å². The lowest BCUT2D eigenvalue weighted by Gasteiger charge is -2.31. The lowest BCUT2D eigenvalue weighted by molar-refractivity contribution is -0.137. The van der Waals surface area contributed by atoms with Crippen LogP contribution in [-0.2, 0) is 19.1 Å². The first kappa shape index (κ1) is 26.9. The maximum Gasteiger partial charge on any atom is 0.305 e. The van der Waals surface area contributed by atoms with E-state index in [0.717, 1.165) is 11.3 Å². The number of imide groups is 1. The zero-order valence-electron chi connectivity index (χ0n) is 21.3. The lowest BCUT2D eigenvalue weighted by atomic mass is 9.82. The van der Waals surface area contributed by atoms with E-state index < -0.39 is 17.1 Å². The molecule has 0 aliphatic carbocycles. The van der Waals surface area contributed by atoms with Gasteiger partial charge < -0.3 is 24.1 Å². The highest BCUT2D eigenvalue weighted by Crippen LogP contribution is 2.54. The Labute approximate surface area is 242 Å². The first-order chi connectivity index (χ1) is 19.4. The van der Waals surface area contributed by atoms with Crippen molar-refractivity contribution < 1.29 is 28.6 Å². The summed E-state index contributed by atoms with van der Waals surface area (Å²) >= 11 is 8.60. The molecule has 6 rings (SSSR count). The number of nitrogens with one attached hydrogen (secondary N) is 1. The molecule has 2 fully saturated rings. The van der Waals surface area contributed by atoms with Gasteiger partial charge in [0.05, 0.1) is 37.0 Å².